The monoisotopic (exact) mass is 459 g/mol. The predicted molar refractivity (Wildman–Crippen MR) is 122 cm³/mol. The molecule has 10 heteroatoms. The van der Waals surface area contributed by atoms with Crippen LogP contribution in [0.2, 0.25) is 0 Å². The number of aromatic nitrogens is 3. The van der Waals surface area contributed by atoms with Crippen molar-refractivity contribution in [2.24, 2.45) is 0 Å². The number of hydrogen-bond acceptors (Lipinski definition) is 9. The van der Waals surface area contributed by atoms with E-state index in [1.807, 2.05) is 12.1 Å². The van der Waals surface area contributed by atoms with Crippen molar-refractivity contribution < 1.29 is 13.2 Å². The third kappa shape index (κ3) is 4.43. The number of morpholine rings is 1. The molecule has 0 aliphatic carbocycles. The van der Waals surface area contributed by atoms with Crippen molar-refractivity contribution in [1.82, 2.24) is 19.9 Å². The van der Waals surface area contributed by atoms with E-state index in [0.29, 0.717) is 32.0 Å². The van der Waals surface area contributed by atoms with Gasteiger partial charge in [-0.1, -0.05) is 0 Å². The smallest absolute Gasteiger partial charge is 0.163 e. The highest BCUT2D eigenvalue weighted by Crippen LogP contribution is 2.35. The summed E-state index contributed by atoms with van der Waals surface area (Å²) in [6.45, 7) is 5.10. The van der Waals surface area contributed by atoms with E-state index in [-0.39, 0.29) is 5.25 Å². The highest BCUT2D eigenvalue weighted by Gasteiger charge is 2.30. The van der Waals surface area contributed by atoms with Crippen molar-refractivity contribution in [3.05, 3.63) is 35.5 Å². The van der Waals surface area contributed by atoms with Gasteiger partial charge in [-0.15, -0.1) is 11.3 Å². The van der Waals surface area contributed by atoms with Crippen molar-refractivity contribution in [2.45, 2.75) is 18.2 Å². The first-order valence-electron chi connectivity index (χ1n) is 10.4. The molecule has 2 saturated heterocycles. The zero-order chi connectivity index (χ0) is 21.4. The highest BCUT2D eigenvalue weighted by molar-refractivity contribution is 7.91. The molecule has 1 atom stereocenters. The zero-order valence-corrected chi connectivity index (χ0v) is 19.0. The van der Waals surface area contributed by atoms with Crippen LogP contribution in [-0.2, 0) is 21.1 Å². The molecule has 3 aromatic rings. The molecular weight excluding hydrogens is 434 g/mol. The minimum atomic E-state index is -2.99. The van der Waals surface area contributed by atoms with Crippen LogP contribution in [0.25, 0.3) is 21.6 Å². The number of ether oxygens (including phenoxy) is 1. The van der Waals surface area contributed by atoms with Gasteiger partial charge < -0.3 is 9.64 Å². The van der Waals surface area contributed by atoms with Crippen LogP contribution in [0.5, 0.6) is 0 Å². The van der Waals surface area contributed by atoms with Crippen LogP contribution < -0.4 is 4.90 Å². The van der Waals surface area contributed by atoms with E-state index in [0.717, 1.165) is 47.8 Å². The van der Waals surface area contributed by atoms with Crippen molar-refractivity contribution in [1.29, 1.82) is 0 Å². The molecule has 0 saturated carbocycles. The number of fused-ring (bicyclic) bond motifs is 1. The van der Waals surface area contributed by atoms with Crippen molar-refractivity contribution >= 4 is 37.2 Å². The summed E-state index contributed by atoms with van der Waals surface area (Å²) in [6, 6.07) is 5.99. The first-order chi connectivity index (χ1) is 15.0. The molecule has 2 fully saturated rings. The van der Waals surface area contributed by atoms with Crippen LogP contribution in [0.15, 0.2) is 30.6 Å². The third-order valence-electron chi connectivity index (χ3n) is 5.85. The second-order valence-corrected chi connectivity index (χ2v) is 11.6. The lowest BCUT2D eigenvalue weighted by atomic mass is 10.2. The zero-order valence-electron chi connectivity index (χ0n) is 17.4. The molecule has 0 amide bonds. The van der Waals surface area contributed by atoms with Gasteiger partial charge in [0.15, 0.2) is 21.5 Å². The first kappa shape index (κ1) is 20.7. The number of sulfone groups is 1. The van der Waals surface area contributed by atoms with Gasteiger partial charge >= 0.3 is 0 Å². The predicted octanol–water partition coefficient (Wildman–Crippen LogP) is 2.21. The summed E-state index contributed by atoms with van der Waals surface area (Å²) in [5, 5.41) is -0.261. The summed E-state index contributed by atoms with van der Waals surface area (Å²) in [6.07, 6.45) is 5.57. The van der Waals surface area contributed by atoms with E-state index in [1.165, 1.54) is 11.1 Å². The second kappa shape index (κ2) is 8.42. The number of likely N-dealkylation sites (tertiary alicyclic amines) is 1. The van der Waals surface area contributed by atoms with Gasteiger partial charge in [0.05, 0.1) is 28.7 Å². The number of nitrogens with zero attached hydrogens (tertiary/aromatic N) is 5. The van der Waals surface area contributed by atoms with Gasteiger partial charge in [0.1, 0.15) is 0 Å². The molecule has 5 rings (SSSR count). The lowest BCUT2D eigenvalue weighted by Crippen LogP contribution is -2.36. The number of thiophene rings is 1. The minimum Gasteiger partial charge on any atom is -0.378 e. The maximum atomic E-state index is 11.9. The molecule has 31 heavy (non-hydrogen) atoms. The summed E-state index contributed by atoms with van der Waals surface area (Å²) < 4.78 is 30.4. The maximum Gasteiger partial charge on any atom is 0.163 e. The number of rotatable bonds is 5. The standard InChI is InChI=1S/C21H25N5O3S2/c1-31(27,28)17-4-6-25(14-17)13-16-11-18-19(30-16)21(26-7-9-29-10-8-26)24-20(23-18)15-3-2-5-22-12-15/h2-3,5,11-12,17H,4,6-10,13-14H2,1H3. The van der Waals surface area contributed by atoms with Gasteiger partial charge in [0, 0.05) is 55.3 Å². The Balaban J connectivity index is 1.49. The number of pyridine rings is 1. The minimum absolute atomic E-state index is 0.261. The normalized spacial score (nSPS) is 20.5. The van der Waals surface area contributed by atoms with Gasteiger partial charge in [-0.05, 0) is 31.2 Å². The van der Waals surface area contributed by atoms with Crippen LogP contribution >= 0.6 is 11.3 Å². The van der Waals surface area contributed by atoms with Crippen LogP contribution in [0, 0.1) is 0 Å². The van der Waals surface area contributed by atoms with Gasteiger partial charge in [-0.2, -0.15) is 0 Å². The molecule has 0 spiro atoms. The second-order valence-electron chi connectivity index (χ2n) is 8.11. The molecule has 8 nitrogen and oxygen atoms in total. The van der Waals surface area contributed by atoms with Crippen LogP contribution in [0.3, 0.4) is 0 Å². The van der Waals surface area contributed by atoms with Crippen LogP contribution in [0.4, 0.5) is 5.82 Å². The number of anilines is 1. The molecule has 1 unspecified atom stereocenters. The van der Waals surface area contributed by atoms with Gasteiger partial charge in [-0.3, -0.25) is 9.88 Å². The van der Waals surface area contributed by atoms with Gasteiger partial charge in [0.2, 0.25) is 0 Å². The average Bonchev–Trinajstić information content (AvgIpc) is 3.41. The molecule has 3 aromatic heterocycles. The van der Waals surface area contributed by atoms with E-state index in [4.69, 9.17) is 14.7 Å². The Morgan fingerprint density at radius 1 is 1.23 bits per heavy atom. The Labute approximate surface area is 185 Å². The largest absolute Gasteiger partial charge is 0.378 e. The lowest BCUT2D eigenvalue weighted by molar-refractivity contribution is 0.122. The first-order valence-corrected chi connectivity index (χ1v) is 13.2. The molecule has 2 aliphatic heterocycles. The topological polar surface area (TPSA) is 88.5 Å². The maximum absolute atomic E-state index is 11.9. The Hall–Kier alpha value is -2.14. The lowest BCUT2D eigenvalue weighted by Gasteiger charge is -2.28. The van der Waals surface area contributed by atoms with E-state index in [9.17, 15) is 8.42 Å². The number of hydrogen-bond donors (Lipinski definition) is 0. The fraction of sp³-hybridized carbons (Fsp3) is 0.476. The Kier molecular flexibility index (Phi) is 5.63. The van der Waals surface area contributed by atoms with E-state index >= 15 is 0 Å². The quantitative estimate of drug-likeness (QED) is 0.574. The Morgan fingerprint density at radius 3 is 2.77 bits per heavy atom. The van der Waals surface area contributed by atoms with E-state index in [2.05, 4.69) is 20.9 Å². The average molecular weight is 460 g/mol. The van der Waals surface area contributed by atoms with Crippen molar-refractivity contribution in [2.75, 3.05) is 50.5 Å². The molecule has 2 aliphatic rings. The molecule has 0 aromatic carbocycles. The summed E-state index contributed by atoms with van der Waals surface area (Å²) in [7, 11) is -2.99. The highest BCUT2D eigenvalue weighted by atomic mass is 32.2. The van der Waals surface area contributed by atoms with Crippen molar-refractivity contribution in [3.8, 4) is 11.4 Å². The van der Waals surface area contributed by atoms with Crippen LogP contribution in [-0.4, -0.2) is 79.2 Å². The molecule has 0 radical (unpaired) electrons. The van der Waals surface area contributed by atoms with Gasteiger partial charge in [-0.25, -0.2) is 18.4 Å². The fourth-order valence-electron chi connectivity index (χ4n) is 4.17. The molecular formula is C21H25N5O3S2. The van der Waals surface area contributed by atoms with Crippen LogP contribution in [0.1, 0.15) is 11.3 Å². The Morgan fingerprint density at radius 2 is 2.06 bits per heavy atom. The van der Waals surface area contributed by atoms with Gasteiger partial charge in [0.25, 0.3) is 0 Å². The van der Waals surface area contributed by atoms with Crippen molar-refractivity contribution in [3.63, 3.8) is 0 Å². The van der Waals surface area contributed by atoms with E-state index < -0.39 is 9.84 Å². The summed E-state index contributed by atoms with van der Waals surface area (Å²) in [5.41, 5.74) is 1.82. The van der Waals surface area contributed by atoms with E-state index in [1.54, 1.807) is 23.7 Å². The molecule has 164 valence electrons. The summed E-state index contributed by atoms with van der Waals surface area (Å²) >= 11 is 1.70. The molecule has 0 bridgehead atoms. The fourth-order valence-corrected chi connectivity index (χ4v) is 6.34. The molecule has 5 heterocycles. The summed E-state index contributed by atoms with van der Waals surface area (Å²) in [4.78, 5) is 19.6. The SMILES string of the molecule is CS(=O)(=O)C1CCN(Cc2cc3nc(-c4cccnc4)nc(N4CCOCC4)c3s2)C1. The molecule has 0 N–H and O–H groups in total. The third-order valence-corrected chi connectivity index (χ3v) is 8.55. The summed E-state index contributed by atoms with van der Waals surface area (Å²) in [5.74, 6) is 1.61. The Bertz CT molecular complexity index is 1180.